The van der Waals surface area contributed by atoms with E-state index in [0.717, 1.165) is 16.8 Å². The van der Waals surface area contributed by atoms with Gasteiger partial charge in [-0.3, -0.25) is 0 Å². The van der Waals surface area contributed by atoms with E-state index in [-0.39, 0.29) is 0 Å². The van der Waals surface area contributed by atoms with Crippen molar-refractivity contribution < 1.29 is 9.84 Å². The quantitative estimate of drug-likeness (QED) is 0.813. The van der Waals surface area contributed by atoms with Crippen molar-refractivity contribution in [1.82, 2.24) is 5.32 Å². The lowest BCUT2D eigenvalue weighted by Crippen LogP contribution is -2.33. The third-order valence-electron chi connectivity index (χ3n) is 2.19. The molecule has 1 atom stereocenters. The SMILES string of the molecule is CC(C)CNCC(O)COc1ccc(Br)cc1. The second-order valence-electron chi connectivity index (χ2n) is 4.47. The van der Waals surface area contributed by atoms with Crippen molar-refractivity contribution in [3.63, 3.8) is 0 Å². The number of ether oxygens (including phenoxy) is 1. The van der Waals surface area contributed by atoms with Crippen LogP contribution in [0.2, 0.25) is 0 Å². The van der Waals surface area contributed by atoms with Gasteiger partial charge in [0.15, 0.2) is 0 Å². The van der Waals surface area contributed by atoms with Gasteiger partial charge in [0, 0.05) is 11.0 Å². The van der Waals surface area contributed by atoms with Gasteiger partial charge in [-0.2, -0.15) is 0 Å². The Hall–Kier alpha value is -0.580. The van der Waals surface area contributed by atoms with E-state index in [1.807, 2.05) is 24.3 Å². The molecule has 0 aliphatic carbocycles. The van der Waals surface area contributed by atoms with Crippen molar-refractivity contribution in [2.75, 3.05) is 19.7 Å². The van der Waals surface area contributed by atoms with Gasteiger partial charge >= 0.3 is 0 Å². The fourth-order valence-electron chi connectivity index (χ4n) is 1.32. The Labute approximate surface area is 111 Å². The molecule has 17 heavy (non-hydrogen) atoms. The van der Waals surface area contributed by atoms with Crippen molar-refractivity contribution in [2.45, 2.75) is 20.0 Å². The van der Waals surface area contributed by atoms with Gasteiger partial charge in [0.25, 0.3) is 0 Å². The van der Waals surface area contributed by atoms with Crippen LogP contribution in [-0.4, -0.2) is 30.9 Å². The maximum absolute atomic E-state index is 9.68. The Kier molecular flexibility index (Phi) is 6.55. The Morgan fingerprint density at radius 3 is 2.47 bits per heavy atom. The van der Waals surface area contributed by atoms with E-state index in [1.54, 1.807) is 0 Å². The summed E-state index contributed by atoms with van der Waals surface area (Å²) in [7, 11) is 0. The third kappa shape index (κ3) is 6.66. The van der Waals surface area contributed by atoms with Gasteiger partial charge in [-0.15, -0.1) is 0 Å². The molecule has 0 aromatic heterocycles. The Morgan fingerprint density at radius 1 is 1.24 bits per heavy atom. The van der Waals surface area contributed by atoms with Crippen molar-refractivity contribution in [3.8, 4) is 5.75 Å². The summed E-state index contributed by atoms with van der Waals surface area (Å²) in [6.07, 6.45) is -0.475. The highest BCUT2D eigenvalue weighted by atomic mass is 79.9. The molecule has 1 aromatic rings. The summed E-state index contributed by atoms with van der Waals surface area (Å²) in [4.78, 5) is 0. The summed E-state index contributed by atoms with van der Waals surface area (Å²) in [6.45, 7) is 6.06. The Balaban J connectivity index is 2.19. The summed E-state index contributed by atoms with van der Waals surface area (Å²) >= 11 is 3.36. The molecule has 96 valence electrons. The van der Waals surface area contributed by atoms with Gasteiger partial charge in [-0.25, -0.2) is 0 Å². The van der Waals surface area contributed by atoms with E-state index < -0.39 is 6.10 Å². The zero-order valence-electron chi connectivity index (χ0n) is 10.3. The first kappa shape index (κ1) is 14.5. The third-order valence-corrected chi connectivity index (χ3v) is 2.72. The van der Waals surface area contributed by atoms with Crippen LogP contribution in [0.4, 0.5) is 0 Å². The molecule has 0 aliphatic rings. The first-order chi connectivity index (χ1) is 8.08. The molecule has 0 radical (unpaired) electrons. The van der Waals surface area contributed by atoms with Crippen LogP contribution in [0, 0.1) is 5.92 Å². The highest BCUT2D eigenvalue weighted by Gasteiger charge is 2.05. The zero-order valence-corrected chi connectivity index (χ0v) is 11.9. The van der Waals surface area contributed by atoms with Gasteiger partial charge < -0.3 is 15.2 Å². The molecule has 1 aromatic carbocycles. The molecule has 3 nitrogen and oxygen atoms in total. The number of aliphatic hydroxyl groups excluding tert-OH is 1. The monoisotopic (exact) mass is 301 g/mol. The predicted octanol–water partition coefficient (Wildman–Crippen LogP) is 2.43. The molecule has 0 spiro atoms. The molecule has 0 amide bonds. The van der Waals surface area contributed by atoms with E-state index in [0.29, 0.717) is 19.1 Å². The minimum Gasteiger partial charge on any atom is -0.491 e. The van der Waals surface area contributed by atoms with Crippen LogP contribution in [0.3, 0.4) is 0 Å². The standard InChI is InChI=1S/C13H20BrNO2/c1-10(2)7-15-8-12(16)9-17-13-5-3-11(14)4-6-13/h3-6,10,12,15-16H,7-9H2,1-2H3. The van der Waals surface area contributed by atoms with E-state index >= 15 is 0 Å². The zero-order chi connectivity index (χ0) is 12.7. The highest BCUT2D eigenvalue weighted by molar-refractivity contribution is 9.10. The van der Waals surface area contributed by atoms with Crippen LogP contribution in [0.5, 0.6) is 5.75 Å². The van der Waals surface area contributed by atoms with Crippen LogP contribution in [-0.2, 0) is 0 Å². The molecule has 0 saturated carbocycles. The molecule has 0 aliphatic heterocycles. The average molecular weight is 302 g/mol. The lowest BCUT2D eigenvalue weighted by atomic mass is 10.2. The van der Waals surface area contributed by atoms with Crippen LogP contribution in [0.1, 0.15) is 13.8 Å². The van der Waals surface area contributed by atoms with Gasteiger partial charge in [-0.05, 0) is 36.7 Å². The van der Waals surface area contributed by atoms with Gasteiger partial charge in [-0.1, -0.05) is 29.8 Å². The van der Waals surface area contributed by atoms with Crippen molar-refractivity contribution in [2.24, 2.45) is 5.92 Å². The van der Waals surface area contributed by atoms with Crippen molar-refractivity contribution in [3.05, 3.63) is 28.7 Å². The maximum Gasteiger partial charge on any atom is 0.119 e. The van der Waals surface area contributed by atoms with E-state index in [2.05, 4.69) is 35.1 Å². The number of halogens is 1. The number of benzene rings is 1. The summed E-state index contributed by atoms with van der Waals surface area (Å²) in [6, 6.07) is 7.58. The van der Waals surface area contributed by atoms with Crippen LogP contribution >= 0.6 is 15.9 Å². The summed E-state index contributed by atoms with van der Waals surface area (Å²) in [5.74, 6) is 1.37. The molecular formula is C13H20BrNO2. The first-order valence-electron chi connectivity index (χ1n) is 5.85. The second-order valence-corrected chi connectivity index (χ2v) is 5.39. The molecule has 0 fully saturated rings. The molecular weight excluding hydrogens is 282 g/mol. The predicted molar refractivity (Wildman–Crippen MR) is 73.4 cm³/mol. The maximum atomic E-state index is 9.68. The number of aliphatic hydroxyl groups is 1. The molecule has 0 bridgehead atoms. The van der Waals surface area contributed by atoms with Crippen LogP contribution in [0.15, 0.2) is 28.7 Å². The lowest BCUT2D eigenvalue weighted by molar-refractivity contribution is 0.106. The van der Waals surface area contributed by atoms with Crippen molar-refractivity contribution >= 4 is 15.9 Å². The summed E-state index contributed by atoms with van der Waals surface area (Å²) in [5, 5.41) is 12.9. The normalized spacial score (nSPS) is 12.8. The largest absolute Gasteiger partial charge is 0.491 e. The summed E-state index contributed by atoms with van der Waals surface area (Å²) in [5.41, 5.74) is 0. The smallest absolute Gasteiger partial charge is 0.119 e. The number of rotatable bonds is 7. The number of hydrogen-bond acceptors (Lipinski definition) is 3. The molecule has 1 rings (SSSR count). The minimum atomic E-state index is -0.475. The second kappa shape index (κ2) is 7.69. The lowest BCUT2D eigenvalue weighted by Gasteiger charge is -2.14. The molecule has 0 heterocycles. The number of hydrogen-bond donors (Lipinski definition) is 2. The molecule has 2 N–H and O–H groups in total. The van der Waals surface area contributed by atoms with E-state index in [9.17, 15) is 5.11 Å². The van der Waals surface area contributed by atoms with Gasteiger partial charge in [0.1, 0.15) is 18.5 Å². The average Bonchev–Trinajstić information content (AvgIpc) is 2.28. The summed E-state index contributed by atoms with van der Waals surface area (Å²) < 4.78 is 6.49. The number of nitrogens with one attached hydrogen (secondary N) is 1. The fourth-order valence-corrected chi connectivity index (χ4v) is 1.59. The molecule has 0 saturated heterocycles. The first-order valence-corrected chi connectivity index (χ1v) is 6.64. The fraction of sp³-hybridized carbons (Fsp3) is 0.538. The van der Waals surface area contributed by atoms with Gasteiger partial charge in [0.05, 0.1) is 0 Å². The molecule has 1 unspecified atom stereocenters. The van der Waals surface area contributed by atoms with Crippen LogP contribution < -0.4 is 10.1 Å². The van der Waals surface area contributed by atoms with E-state index in [1.165, 1.54) is 0 Å². The van der Waals surface area contributed by atoms with E-state index in [4.69, 9.17) is 4.74 Å². The topological polar surface area (TPSA) is 41.5 Å². The Bertz CT molecular complexity index is 314. The van der Waals surface area contributed by atoms with Gasteiger partial charge in [0.2, 0.25) is 0 Å². The highest BCUT2D eigenvalue weighted by Crippen LogP contribution is 2.16. The van der Waals surface area contributed by atoms with Crippen LogP contribution in [0.25, 0.3) is 0 Å². The minimum absolute atomic E-state index is 0.312. The Morgan fingerprint density at radius 2 is 1.88 bits per heavy atom. The van der Waals surface area contributed by atoms with Crippen molar-refractivity contribution in [1.29, 1.82) is 0 Å². The molecule has 4 heteroatoms.